The number of H-pyrrole nitrogens is 1. The summed E-state index contributed by atoms with van der Waals surface area (Å²) >= 11 is 6.08. The molecule has 0 bridgehead atoms. The van der Waals surface area contributed by atoms with Crippen LogP contribution in [0.15, 0.2) is 30.6 Å². The number of pyridine rings is 1. The molecule has 0 radical (unpaired) electrons. The van der Waals surface area contributed by atoms with Crippen molar-refractivity contribution in [2.24, 2.45) is 0 Å². The first-order chi connectivity index (χ1) is 13.0. The molecule has 0 spiro atoms. The summed E-state index contributed by atoms with van der Waals surface area (Å²) in [5.74, 6) is -1.28. The number of halogens is 2. The number of ketones is 1. The van der Waals surface area contributed by atoms with Crippen molar-refractivity contribution in [2.75, 3.05) is 24.4 Å². The van der Waals surface area contributed by atoms with Gasteiger partial charge in [0.1, 0.15) is 17.5 Å². The van der Waals surface area contributed by atoms with Crippen molar-refractivity contribution in [2.45, 2.75) is 6.04 Å². The standard InChI is InChI=1S/C18H14ClFN4O3/c1-27-7-13-18(26)24-12-6-22-17-14(15(12)23-13)10(5-21-17)16(25)9-4-8(20)2-3-11(9)19/h2-6,13,23H,7H2,1H3,(H,21,22)(H,24,26). The summed E-state index contributed by atoms with van der Waals surface area (Å²) < 4.78 is 18.7. The Hall–Kier alpha value is -2.97. The van der Waals surface area contributed by atoms with Crippen molar-refractivity contribution in [3.8, 4) is 0 Å². The highest BCUT2D eigenvalue weighted by Crippen LogP contribution is 2.36. The van der Waals surface area contributed by atoms with E-state index in [9.17, 15) is 14.0 Å². The normalized spacial score (nSPS) is 16.0. The number of ether oxygens (including phenoxy) is 1. The van der Waals surface area contributed by atoms with E-state index in [1.165, 1.54) is 31.6 Å². The van der Waals surface area contributed by atoms with Crippen molar-refractivity contribution < 1.29 is 18.7 Å². The van der Waals surface area contributed by atoms with Crippen LogP contribution in [0.5, 0.6) is 0 Å². The fraction of sp³-hybridized carbons (Fsp3) is 0.167. The van der Waals surface area contributed by atoms with Gasteiger partial charge in [-0.15, -0.1) is 0 Å². The van der Waals surface area contributed by atoms with Gasteiger partial charge in [-0.1, -0.05) is 11.6 Å². The molecule has 138 valence electrons. The van der Waals surface area contributed by atoms with Crippen LogP contribution >= 0.6 is 11.6 Å². The number of rotatable bonds is 4. The Morgan fingerprint density at radius 3 is 2.96 bits per heavy atom. The van der Waals surface area contributed by atoms with Gasteiger partial charge >= 0.3 is 0 Å². The highest BCUT2D eigenvalue weighted by molar-refractivity contribution is 6.35. The summed E-state index contributed by atoms with van der Waals surface area (Å²) in [6.45, 7) is 0.151. The molecule has 1 aliphatic heterocycles. The molecule has 1 aliphatic rings. The zero-order valence-corrected chi connectivity index (χ0v) is 14.9. The van der Waals surface area contributed by atoms with Gasteiger partial charge in [0.2, 0.25) is 5.91 Å². The molecule has 3 N–H and O–H groups in total. The van der Waals surface area contributed by atoms with E-state index in [1.807, 2.05) is 0 Å². The molecule has 1 atom stereocenters. The molecule has 0 saturated carbocycles. The number of fused-ring (bicyclic) bond motifs is 3. The van der Waals surface area contributed by atoms with Crippen LogP contribution in [-0.2, 0) is 9.53 Å². The number of carbonyl (C=O) groups is 2. The first-order valence-corrected chi connectivity index (χ1v) is 8.43. The van der Waals surface area contributed by atoms with E-state index in [4.69, 9.17) is 16.3 Å². The molecule has 1 amide bonds. The van der Waals surface area contributed by atoms with Crippen molar-refractivity contribution in [1.29, 1.82) is 0 Å². The van der Waals surface area contributed by atoms with Gasteiger partial charge in [0.25, 0.3) is 0 Å². The third-order valence-corrected chi connectivity index (χ3v) is 4.67. The summed E-state index contributed by atoms with van der Waals surface area (Å²) in [6, 6.07) is 2.99. The number of amides is 1. The number of benzene rings is 1. The second kappa shape index (κ2) is 6.64. The minimum atomic E-state index is -0.622. The zero-order chi connectivity index (χ0) is 19.1. The molecular weight excluding hydrogens is 375 g/mol. The van der Waals surface area contributed by atoms with Gasteiger partial charge in [-0.3, -0.25) is 9.59 Å². The quantitative estimate of drug-likeness (QED) is 0.597. The molecule has 1 unspecified atom stereocenters. The van der Waals surface area contributed by atoms with Gasteiger partial charge in [0, 0.05) is 18.9 Å². The van der Waals surface area contributed by atoms with Crippen LogP contribution in [0.25, 0.3) is 11.0 Å². The number of hydrogen-bond donors (Lipinski definition) is 3. The topological polar surface area (TPSA) is 96.1 Å². The predicted octanol–water partition coefficient (Wildman–Crippen LogP) is 2.97. The molecular formula is C18H14ClFN4O3. The minimum Gasteiger partial charge on any atom is -0.382 e. The van der Waals surface area contributed by atoms with Gasteiger partial charge in [-0.05, 0) is 18.2 Å². The van der Waals surface area contributed by atoms with Crippen LogP contribution in [-0.4, -0.2) is 41.4 Å². The lowest BCUT2D eigenvalue weighted by molar-refractivity contribution is -0.118. The number of methoxy groups -OCH3 is 1. The number of aromatic amines is 1. The lowest BCUT2D eigenvalue weighted by atomic mass is 10.0. The van der Waals surface area contributed by atoms with Crippen LogP contribution in [0, 0.1) is 5.82 Å². The zero-order valence-electron chi connectivity index (χ0n) is 14.1. The average molecular weight is 389 g/mol. The highest BCUT2D eigenvalue weighted by Gasteiger charge is 2.29. The third kappa shape index (κ3) is 2.92. The number of aromatic nitrogens is 2. The fourth-order valence-corrected chi connectivity index (χ4v) is 3.28. The van der Waals surface area contributed by atoms with Crippen LogP contribution in [0.2, 0.25) is 5.02 Å². The van der Waals surface area contributed by atoms with Crippen LogP contribution in [0.1, 0.15) is 15.9 Å². The SMILES string of the molecule is COCC1Nc2c(cnc3[nH]cc(C(=O)c4cc(F)ccc4Cl)c23)NC1=O. The van der Waals surface area contributed by atoms with E-state index in [1.54, 1.807) is 0 Å². The van der Waals surface area contributed by atoms with Crippen LogP contribution in [0.3, 0.4) is 0 Å². The van der Waals surface area contributed by atoms with Gasteiger partial charge in [-0.2, -0.15) is 0 Å². The van der Waals surface area contributed by atoms with Crippen molar-refractivity contribution in [1.82, 2.24) is 9.97 Å². The highest BCUT2D eigenvalue weighted by atomic mass is 35.5. The number of carbonyl (C=O) groups excluding carboxylic acids is 2. The van der Waals surface area contributed by atoms with Crippen LogP contribution < -0.4 is 10.6 Å². The van der Waals surface area contributed by atoms with Crippen molar-refractivity contribution in [3.05, 3.63) is 52.6 Å². The first-order valence-electron chi connectivity index (χ1n) is 8.05. The second-order valence-electron chi connectivity index (χ2n) is 6.07. The summed E-state index contributed by atoms with van der Waals surface area (Å²) in [6.07, 6.45) is 2.98. The Morgan fingerprint density at radius 1 is 1.37 bits per heavy atom. The van der Waals surface area contributed by atoms with E-state index in [-0.39, 0.29) is 28.7 Å². The maximum atomic E-state index is 13.6. The fourth-order valence-electron chi connectivity index (χ4n) is 3.08. The third-order valence-electron chi connectivity index (χ3n) is 4.35. The molecule has 0 saturated heterocycles. The molecule has 2 aromatic heterocycles. The van der Waals surface area contributed by atoms with Gasteiger partial charge in [0.05, 0.1) is 40.2 Å². The summed E-state index contributed by atoms with van der Waals surface area (Å²) in [5.41, 5.74) is 1.74. The Labute approximate surface area is 157 Å². The van der Waals surface area contributed by atoms with E-state index in [0.717, 1.165) is 6.07 Å². The maximum absolute atomic E-state index is 13.6. The summed E-state index contributed by atoms with van der Waals surface area (Å²) in [4.78, 5) is 32.3. The Morgan fingerprint density at radius 2 is 2.19 bits per heavy atom. The van der Waals surface area contributed by atoms with E-state index in [2.05, 4.69) is 20.6 Å². The predicted molar refractivity (Wildman–Crippen MR) is 98.9 cm³/mol. The number of nitrogens with one attached hydrogen (secondary N) is 3. The monoisotopic (exact) mass is 388 g/mol. The van der Waals surface area contributed by atoms with E-state index < -0.39 is 17.6 Å². The molecule has 27 heavy (non-hydrogen) atoms. The molecule has 4 rings (SSSR count). The molecule has 3 heterocycles. The van der Waals surface area contributed by atoms with Crippen molar-refractivity contribution >= 4 is 45.7 Å². The average Bonchev–Trinajstić information content (AvgIpc) is 3.08. The molecule has 9 heteroatoms. The number of hydrogen-bond acceptors (Lipinski definition) is 5. The number of nitrogens with zero attached hydrogens (tertiary/aromatic N) is 1. The molecule has 1 aromatic carbocycles. The Kier molecular flexibility index (Phi) is 4.29. The summed E-state index contributed by atoms with van der Waals surface area (Å²) in [7, 11) is 1.49. The first kappa shape index (κ1) is 17.4. The largest absolute Gasteiger partial charge is 0.382 e. The maximum Gasteiger partial charge on any atom is 0.249 e. The molecule has 3 aromatic rings. The lowest BCUT2D eigenvalue weighted by Crippen LogP contribution is -2.42. The Balaban J connectivity index is 1.86. The molecule has 0 fully saturated rings. The summed E-state index contributed by atoms with van der Waals surface area (Å²) in [5, 5.41) is 6.47. The van der Waals surface area contributed by atoms with Gasteiger partial charge in [-0.25, -0.2) is 9.37 Å². The lowest BCUT2D eigenvalue weighted by Gasteiger charge is -2.26. The Bertz CT molecular complexity index is 1080. The minimum absolute atomic E-state index is 0.0449. The molecule has 7 nitrogen and oxygen atoms in total. The van der Waals surface area contributed by atoms with Gasteiger partial charge < -0.3 is 20.4 Å². The van der Waals surface area contributed by atoms with Gasteiger partial charge in [0.15, 0.2) is 5.78 Å². The second-order valence-corrected chi connectivity index (χ2v) is 6.47. The van der Waals surface area contributed by atoms with E-state index >= 15 is 0 Å². The van der Waals surface area contributed by atoms with Crippen molar-refractivity contribution in [3.63, 3.8) is 0 Å². The van der Waals surface area contributed by atoms with Crippen LogP contribution in [0.4, 0.5) is 15.8 Å². The smallest absolute Gasteiger partial charge is 0.249 e. The number of anilines is 2. The molecule has 0 aliphatic carbocycles. The van der Waals surface area contributed by atoms with E-state index in [0.29, 0.717) is 22.4 Å².